The van der Waals surface area contributed by atoms with E-state index in [1.165, 1.54) is 0 Å². The minimum Gasteiger partial charge on any atom is -0.497 e. The highest BCUT2D eigenvalue weighted by atomic mass is 79.9. The number of aromatic nitrogens is 3. The topological polar surface area (TPSA) is 89.1 Å². The molecule has 1 amide bonds. The highest BCUT2D eigenvalue weighted by molar-refractivity contribution is 9.10. The van der Waals surface area contributed by atoms with Gasteiger partial charge in [0.15, 0.2) is 5.82 Å². The number of nitrogens with one attached hydrogen (secondary N) is 2. The first-order valence-corrected chi connectivity index (χ1v) is 10.2. The maximum Gasteiger partial charge on any atom is 0.249 e. The van der Waals surface area contributed by atoms with Crippen molar-refractivity contribution in [3.63, 3.8) is 0 Å². The second-order valence-electron chi connectivity index (χ2n) is 5.65. The zero-order valence-electron chi connectivity index (χ0n) is 15.4. The molecule has 2 N–H and O–H groups in total. The molecule has 146 valence electrons. The van der Waals surface area contributed by atoms with Gasteiger partial charge in [-0.25, -0.2) is 0 Å². The fraction of sp³-hybridized carbons (Fsp3) is 0.211. The van der Waals surface area contributed by atoms with Crippen molar-refractivity contribution in [2.75, 3.05) is 25.3 Å². The molecule has 7 nitrogen and oxygen atoms in total. The first kappa shape index (κ1) is 20.2. The first-order chi connectivity index (χ1) is 13.6. The van der Waals surface area contributed by atoms with E-state index in [9.17, 15) is 4.79 Å². The quantitative estimate of drug-likeness (QED) is 0.483. The fourth-order valence-electron chi connectivity index (χ4n) is 2.43. The molecular weight excluding hydrogens is 444 g/mol. The third kappa shape index (κ3) is 5.05. The van der Waals surface area contributed by atoms with Crippen LogP contribution in [0.25, 0.3) is 11.4 Å². The van der Waals surface area contributed by atoms with Gasteiger partial charge in [0.2, 0.25) is 11.9 Å². The van der Waals surface area contributed by atoms with Crippen LogP contribution in [0.3, 0.4) is 0 Å². The molecule has 0 atom stereocenters. The summed E-state index contributed by atoms with van der Waals surface area (Å²) in [7, 11) is 3.16. The average Bonchev–Trinajstić information content (AvgIpc) is 3.17. The van der Waals surface area contributed by atoms with Crippen LogP contribution in [0.1, 0.15) is 6.42 Å². The summed E-state index contributed by atoms with van der Waals surface area (Å²) in [5, 5.41) is 9.59. The summed E-state index contributed by atoms with van der Waals surface area (Å²) in [4.78, 5) is 17.6. The minimum absolute atomic E-state index is 0.146. The minimum atomic E-state index is -0.146. The lowest BCUT2D eigenvalue weighted by Crippen LogP contribution is -2.13. The Morgan fingerprint density at radius 1 is 1.21 bits per heavy atom. The molecule has 0 fully saturated rings. The van der Waals surface area contributed by atoms with Gasteiger partial charge in [0.25, 0.3) is 0 Å². The zero-order valence-corrected chi connectivity index (χ0v) is 17.8. The lowest BCUT2D eigenvalue weighted by Gasteiger charge is -2.07. The number of hydrogen-bond donors (Lipinski definition) is 2. The summed E-state index contributed by atoms with van der Waals surface area (Å²) in [6.07, 6.45) is 0.349. The van der Waals surface area contributed by atoms with Gasteiger partial charge in [-0.1, -0.05) is 12.1 Å². The monoisotopic (exact) mass is 462 g/mol. The van der Waals surface area contributed by atoms with Crippen LogP contribution in [0.4, 0.5) is 5.95 Å². The van der Waals surface area contributed by atoms with Crippen LogP contribution in [0.5, 0.6) is 11.5 Å². The second kappa shape index (κ2) is 9.61. The van der Waals surface area contributed by atoms with E-state index in [1.807, 2.05) is 30.3 Å². The van der Waals surface area contributed by atoms with Gasteiger partial charge in [0, 0.05) is 27.6 Å². The number of methoxy groups -OCH3 is 2. The number of carbonyl (C=O) groups excluding carboxylic acids is 1. The Morgan fingerprint density at radius 3 is 2.79 bits per heavy atom. The molecule has 0 unspecified atom stereocenters. The molecule has 0 aliphatic carbocycles. The molecule has 0 radical (unpaired) electrons. The van der Waals surface area contributed by atoms with Crippen LogP contribution in [0.15, 0.2) is 51.8 Å². The summed E-state index contributed by atoms with van der Waals surface area (Å²) in [6.45, 7) is 0. The van der Waals surface area contributed by atoms with E-state index in [0.29, 0.717) is 29.5 Å². The third-order valence-corrected chi connectivity index (χ3v) is 5.85. The largest absolute Gasteiger partial charge is 0.497 e. The van der Waals surface area contributed by atoms with Crippen molar-refractivity contribution in [2.24, 2.45) is 0 Å². The molecule has 0 bridgehead atoms. The molecule has 3 rings (SSSR count). The number of hydrogen-bond acceptors (Lipinski definition) is 6. The van der Waals surface area contributed by atoms with Gasteiger partial charge in [-0.05, 0) is 40.2 Å². The molecule has 28 heavy (non-hydrogen) atoms. The number of thioether (sulfide) groups is 1. The smallest absolute Gasteiger partial charge is 0.249 e. The van der Waals surface area contributed by atoms with Crippen LogP contribution in [-0.2, 0) is 4.79 Å². The normalized spacial score (nSPS) is 10.5. The number of halogens is 1. The van der Waals surface area contributed by atoms with Crippen molar-refractivity contribution < 1.29 is 14.3 Å². The Labute approximate surface area is 175 Å². The van der Waals surface area contributed by atoms with E-state index in [0.717, 1.165) is 14.9 Å². The molecule has 1 heterocycles. The van der Waals surface area contributed by atoms with Crippen LogP contribution in [0, 0.1) is 0 Å². The third-order valence-electron chi connectivity index (χ3n) is 3.82. The molecule has 0 saturated carbocycles. The van der Waals surface area contributed by atoms with Crippen LogP contribution < -0.4 is 14.8 Å². The molecule has 0 saturated heterocycles. The van der Waals surface area contributed by atoms with Crippen LogP contribution in [-0.4, -0.2) is 41.1 Å². The number of H-pyrrole nitrogens is 1. The van der Waals surface area contributed by atoms with Gasteiger partial charge in [0.1, 0.15) is 11.5 Å². The second-order valence-corrected chi connectivity index (χ2v) is 7.64. The van der Waals surface area contributed by atoms with E-state index in [2.05, 4.69) is 36.4 Å². The summed E-state index contributed by atoms with van der Waals surface area (Å²) in [5.74, 6) is 2.50. The molecule has 0 aliphatic rings. The molecule has 0 aliphatic heterocycles. The number of aromatic amines is 1. The SMILES string of the molecule is COc1ccc(-c2nc(NC(=O)CCSc3ccccc3Br)n[nH]2)c(OC)c1. The lowest BCUT2D eigenvalue weighted by molar-refractivity contribution is -0.115. The number of benzene rings is 2. The summed E-state index contributed by atoms with van der Waals surface area (Å²) < 4.78 is 11.6. The number of amides is 1. The summed E-state index contributed by atoms with van der Waals surface area (Å²) in [6, 6.07) is 13.3. The maximum absolute atomic E-state index is 12.2. The van der Waals surface area contributed by atoms with Crippen molar-refractivity contribution in [3.05, 3.63) is 46.9 Å². The molecule has 0 spiro atoms. The van der Waals surface area contributed by atoms with Crippen molar-refractivity contribution in [2.45, 2.75) is 11.3 Å². The van der Waals surface area contributed by atoms with Gasteiger partial charge in [0.05, 0.1) is 19.8 Å². The average molecular weight is 463 g/mol. The standard InChI is InChI=1S/C19H19BrN4O3S/c1-26-12-7-8-13(15(11-12)27-2)18-22-19(24-23-18)21-17(25)9-10-28-16-6-4-3-5-14(16)20/h3-8,11H,9-10H2,1-2H3,(H2,21,22,23,24,25). The molecule has 3 aromatic rings. The van der Waals surface area contributed by atoms with Crippen molar-refractivity contribution in [1.29, 1.82) is 0 Å². The Balaban J connectivity index is 1.58. The Kier molecular flexibility index (Phi) is 6.94. The molecule has 9 heteroatoms. The number of nitrogens with zero attached hydrogens (tertiary/aromatic N) is 2. The van der Waals surface area contributed by atoms with E-state index >= 15 is 0 Å². The first-order valence-electron chi connectivity index (χ1n) is 8.42. The Morgan fingerprint density at radius 2 is 2.04 bits per heavy atom. The van der Waals surface area contributed by atoms with E-state index in [4.69, 9.17) is 9.47 Å². The van der Waals surface area contributed by atoms with E-state index < -0.39 is 0 Å². The molecule has 2 aromatic carbocycles. The van der Waals surface area contributed by atoms with Crippen LogP contribution in [0.2, 0.25) is 0 Å². The van der Waals surface area contributed by atoms with Crippen molar-refractivity contribution in [3.8, 4) is 22.9 Å². The molecular formula is C19H19BrN4O3S. The van der Waals surface area contributed by atoms with Gasteiger partial charge in [-0.2, -0.15) is 4.98 Å². The van der Waals surface area contributed by atoms with Gasteiger partial charge >= 0.3 is 0 Å². The highest BCUT2D eigenvalue weighted by Crippen LogP contribution is 2.31. The number of anilines is 1. The zero-order chi connectivity index (χ0) is 19.9. The van der Waals surface area contributed by atoms with Gasteiger partial charge in [-0.3, -0.25) is 15.2 Å². The van der Waals surface area contributed by atoms with Crippen LogP contribution >= 0.6 is 27.7 Å². The lowest BCUT2D eigenvalue weighted by atomic mass is 10.2. The van der Waals surface area contributed by atoms with Gasteiger partial charge in [-0.15, -0.1) is 16.9 Å². The number of ether oxygens (including phenoxy) is 2. The Bertz CT molecular complexity index is 964. The Hall–Kier alpha value is -2.52. The predicted octanol–water partition coefficient (Wildman–Crippen LogP) is 4.37. The predicted molar refractivity (Wildman–Crippen MR) is 113 cm³/mol. The highest BCUT2D eigenvalue weighted by Gasteiger charge is 2.13. The molecule has 1 aromatic heterocycles. The number of rotatable bonds is 8. The van der Waals surface area contributed by atoms with E-state index in [1.54, 1.807) is 38.1 Å². The summed E-state index contributed by atoms with van der Waals surface area (Å²) in [5.41, 5.74) is 0.723. The van der Waals surface area contributed by atoms with E-state index in [-0.39, 0.29) is 11.9 Å². The fourth-order valence-corrected chi connectivity index (χ4v) is 3.95. The summed E-state index contributed by atoms with van der Waals surface area (Å²) >= 11 is 5.11. The van der Waals surface area contributed by atoms with Gasteiger partial charge < -0.3 is 9.47 Å². The maximum atomic E-state index is 12.2. The van der Waals surface area contributed by atoms with Crippen molar-refractivity contribution >= 4 is 39.5 Å². The number of carbonyl (C=O) groups is 1. The van der Waals surface area contributed by atoms with Crippen molar-refractivity contribution in [1.82, 2.24) is 15.2 Å².